The van der Waals surface area contributed by atoms with Crippen molar-refractivity contribution < 1.29 is 9.47 Å². The quantitative estimate of drug-likeness (QED) is 0.867. The molecule has 1 N–H and O–H groups in total. The summed E-state index contributed by atoms with van der Waals surface area (Å²) in [6.45, 7) is 8.25. The molecule has 2 aliphatic rings. The fourth-order valence-corrected chi connectivity index (χ4v) is 4.04. The maximum absolute atomic E-state index is 6.15. The largest absolute Gasteiger partial charge is 0.375 e. The smallest absolute Gasteiger partial charge is 0.0731 e. The Morgan fingerprint density at radius 2 is 2.00 bits per heavy atom. The topological polar surface area (TPSA) is 30.5 Å². The van der Waals surface area contributed by atoms with Crippen LogP contribution in [-0.4, -0.2) is 24.4 Å². The monoisotopic (exact) mass is 309 g/mol. The SMILES string of the molecule is Cc1sc(CNC2CC2)cc1COC1CC(C)OC(C)C1. The molecule has 1 aromatic heterocycles. The number of hydrogen-bond donors (Lipinski definition) is 1. The van der Waals surface area contributed by atoms with Gasteiger partial charge in [0.25, 0.3) is 0 Å². The molecule has 1 saturated carbocycles. The fraction of sp³-hybridized carbons (Fsp3) is 0.765. The van der Waals surface area contributed by atoms with Gasteiger partial charge in [-0.25, -0.2) is 0 Å². The molecule has 2 unspecified atom stereocenters. The second kappa shape index (κ2) is 6.78. The Bertz CT molecular complexity index is 459. The van der Waals surface area contributed by atoms with Crippen LogP contribution in [-0.2, 0) is 22.6 Å². The standard InChI is InChI=1S/C17H27NO2S/c1-11-6-16(7-12(2)20-11)19-10-14-8-17(21-13(14)3)9-18-15-4-5-15/h8,11-12,15-16,18H,4-7,9-10H2,1-3H3. The van der Waals surface area contributed by atoms with E-state index in [4.69, 9.17) is 9.47 Å². The van der Waals surface area contributed by atoms with Gasteiger partial charge in [0.1, 0.15) is 0 Å². The summed E-state index contributed by atoms with van der Waals surface area (Å²) < 4.78 is 11.9. The van der Waals surface area contributed by atoms with Gasteiger partial charge in [-0.1, -0.05) is 0 Å². The van der Waals surface area contributed by atoms with E-state index in [1.54, 1.807) is 0 Å². The molecule has 21 heavy (non-hydrogen) atoms. The van der Waals surface area contributed by atoms with Gasteiger partial charge in [-0.05, 0) is 58.1 Å². The van der Waals surface area contributed by atoms with Crippen LogP contribution < -0.4 is 5.32 Å². The van der Waals surface area contributed by atoms with Crippen LogP contribution in [0.15, 0.2) is 6.07 Å². The molecular weight excluding hydrogens is 282 g/mol. The van der Waals surface area contributed by atoms with Crippen LogP contribution in [0.25, 0.3) is 0 Å². The van der Waals surface area contributed by atoms with E-state index in [1.807, 2.05) is 11.3 Å². The molecular formula is C17H27NO2S. The molecule has 1 aliphatic carbocycles. The van der Waals surface area contributed by atoms with Crippen molar-refractivity contribution in [1.29, 1.82) is 0 Å². The van der Waals surface area contributed by atoms with Gasteiger partial charge >= 0.3 is 0 Å². The third-order valence-corrected chi connectivity index (χ3v) is 5.44. The first-order chi connectivity index (χ1) is 10.1. The third-order valence-electron chi connectivity index (χ3n) is 4.34. The van der Waals surface area contributed by atoms with Crippen molar-refractivity contribution in [3.8, 4) is 0 Å². The Morgan fingerprint density at radius 3 is 2.67 bits per heavy atom. The highest BCUT2D eigenvalue weighted by Gasteiger charge is 2.25. The normalized spacial score (nSPS) is 29.8. The minimum absolute atomic E-state index is 0.320. The first-order valence-corrected chi connectivity index (χ1v) is 9.00. The van der Waals surface area contributed by atoms with Gasteiger partial charge in [0.05, 0.1) is 24.9 Å². The third kappa shape index (κ3) is 4.52. The van der Waals surface area contributed by atoms with E-state index >= 15 is 0 Å². The molecule has 0 radical (unpaired) electrons. The molecule has 0 amide bonds. The maximum Gasteiger partial charge on any atom is 0.0731 e. The summed E-state index contributed by atoms with van der Waals surface area (Å²) in [5.41, 5.74) is 1.36. The number of thiophene rings is 1. The molecule has 4 heteroatoms. The molecule has 0 aromatic carbocycles. The predicted octanol–water partition coefficient (Wildman–Crippen LogP) is 3.78. The molecule has 1 aromatic rings. The lowest BCUT2D eigenvalue weighted by Crippen LogP contribution is -2.33. The molecule has 118 valence electrons. The van der Waals surface area contributed by atoms with E-state index in [0.717, 1.165) is 32.0 Å². The summed E-state index contributed by atoms with van der Waals surface area (Å²) in [6.07, 6.45) is 5.71. The second-order valence-corrected chi connectivity index (χ2v) is 7.95. The van der Waals surface area contributed by atoms with E-state index in [1.165, 1.54) is 28.2 Å². The van der Waals surface area contributed by atoms with Gasteiger partial charge in [-0.3, -0.25) is 0 Å². The average Bonchev–Trinajstić information content (AvgIpc) is 3.17. The van der Waals surface area contributed by atoms with Crippen LogP contribution in [0.4, 0.5) is 0 Å². The van der Waals surface area contributed by atoms with Crippen molar-refractivity contribution in [3.05, 3.63) is 21.4 Å². The van der Waals surface area contributed by atoms with Crippen LogP contribution in [0.2, 0.25) is 0 Å². The maximum atomic E-state index is 6.15. The van der Waals surface area contributed by atoms with Crippen molar-refractivity contribution in [3.63, 3.8) is 0 Å². The van der Waals surface area contributed by atoms with Gasteiger partial charge in [0.15, 0.2) is 0 Å². The Kier molecular flexibility index (Phi) is 4.99. The van der Waals surface area contributed by atoms with Gasteiger partial charge in [-0.2, -0.15) is 0 Å². The van der Waals surface area contributed by atoms with Crippen molar-refractivity contribution in [1.82, 2.24) is 5.32 Å². The van der Waals surface area contributed by atoms with Crippen LogP contribution in [0.3, 0.4) is 0 Å². The van der Waals surface area contributed by atoms with Crippen molar-refractivity contribution in [2.45, 2.75) is 84.0 Å². The van der Waals surface area contributed by atoms with Crippen molar-refractivity contribution >= 4 is 11.3 Å². The Balaban J connectivity index is 1.49. The number of ether oxygens (including phenoxy) is 2. The number of aryl methyl sites for hydroxylation is 1. The molecule has 3 nitrogen and oxygen atoms in total. The minimum atomic E-state index is 0.320. The summed E-state index contributed by atoms with van der Waals surface area (Å²) in [5.74, 6) is 0. The van der Waals surface area contributed by atoms with E-state index in [2.05, 4.69) is 32.2 Å². The number of hydrogen-bond acceptors (Lipinski definition) is 4. The summed E-state index contributed by atoms with van der Waals surface area (Å²) in [4.78, 5) is 2.84. The average molecular weight is 309 g/mol. The molecule has 1 aliphatic heterocycles. The zero-order valence-corrected chi connectivity index (χ0v) is 14.2. The number of rotatable bonds is 6. The summed E-state index contributed by atoms with van der Waals surface area (Å²) >= 11 is 1.90. The van der Waals surface area contributed by atoms with E-state index in [0.29, 0.717) is 18.3 Å². The Labute approximate surface area is 132 Å². The summed E-state index contributed by atoms with van der Waals surface area (Å²) in [5, 5.41) is 3.58. The lowest BCUT2D eigenvalue weighted by molar-refractivity contribution is -0.106. The lowest BCUT2D eigenvalue weighted by Gasteiger charge is -2.32. The van der Waals surface area contributed by atoms with Crippen LogP contribution in [0.5, 0.6) is 0 Å². The van der Waals surface area contributed by atoms with E-state index in [9.17, 15) is 0 Å². The van der Waals surface area contributed by atoms with E-state index in [-0.39, 0.29) is 0 Å². The molecule has 0 spiro atoms. The molecule has 0 bridgehead atoms. The summed E-state index contributed by atoms with van der Waals surface area (Å²) in [6, 6.07) is 3.10. The second-order valence-electron chi connectivity index (χ2n) is 6.61. The van der Waals surface area contributed by atoms with Crippen LogP contribution >= 0.6 is 11.3 Å². The Hall–Kier alpha value is -0.420. The van der Waals surface area contributed by atoms with Crippen LogP contribution in [0.1, 0.15) is 54.8 Å². The van der Waals surface area contributed by atoms with E-state index < -0.39 is 0 Å². The minimum Gasteiger partial charge on any atom is -0.375 e. The highest BCUT2D eigenvalue weighted by molar-refractivity contribution is 7.12. The Morgan fingerprint density at radius 1 is 1.29 bits per heavy atom. The van der Waals surface area contributed by atoms with Gasteiger partial charge in [0.2, 0.25) is 0 Å². The molecule has 2 heterocycles. The van der Waals surface area contributed by atoms with Gasteiger partial charge in [0, 0.05) is 22.3 Å². The van der Waals surface area contributed by atoms with Gasteiger partial charge < -0.3 is 14.8 Å². The molecule has 2 atom stereocenters. The van der Waals surface area contributed by atoms with Crippen molar-refractivity contribution in [2.75, 3.05) is 0 Å². The highest BCUT2D eigenvalue weighted by Crippen LogP contribution is 2.27. The molecule has 1 saturated heterocycles. The van der Waals surface area contributed by atoms with Gasteiger partial charge in [-0.15, -0.1) is 11.3 Å². The first-order valence-electron chi connectivity index (χ1n) is 8.18. The van der Waals surface area contributed by atoms with Crippen molar-refractivity contribution in [2.24, 2.45) is 0 Å². The predicted molar refractivity (Wildman–Crippen MR) is 86.7 cm³/mol. The fourth-order valence-electron chi connectivity index (χ4n) is 3.04. The lowest BCUT2D eigenvalue weighted by atomic mass is 10.0. The number of nitrogens with one attached hydrogen (secondary N) is 1. The first kappa shape index (κ1) is 15.5. The highest BCUT2D eigenvalue weighted by atomic mass is 32.1. The molecule has 2 fully saturated rings. The zero-order valence-electron chi connectivity index (χ0n) is 13.4. The zero-order chi connectivity index (χ0) is 14.8. The molecule has 3 rings (SSSR count). The van der Waals surface area contributed by atoms with Crippen LogP contribution in [0, 0.1) is 6.92 Å². The summed E-state index contributed by atoms with van der Waals surface area (Å²) in [7, 11) is 0.